The average molecular weight is 521 g/mol. The zero-order valence-electron chi connectivity index (χ0n) is 19.2. The van der Waals surface area contributed by atoms with Crippen LogP contribution in [0.15, 0.2) is 70.8 Å². The van der Waals surface area contributed by atoms with Gasteiger partial charge in [-0.2, -0.15) is 0 Å². The Morgan fingerprint density at radius 3 is 2.32 bits per heavy atom. The van der Waals surface area contributed by atoms with E-state index in [4.69, 9.17) is 9.47 Å². The van der Waals surface area contributed by atoms with Crippen LogP contribution in [0.25, 0.3) is 6.08 Å². The van der Waals surface area contributed by atoms with E-state index >= 15 is 0 Å². The van der Waals surface area contributed by atoms with Crippen LogP contribution in [-0.4, -0.2) is 23.9 Å². The van der Waals surface area contributed by atoms with Crippen molar-refractivity contribution in [2.75, 3.05) is 7.11 Å². The summed E-state index contributed by atoms with van der Waals surface area (Å²) in [5.41, 5.74) is 5.07. The molecule has 0 saturated carbocycles. The summed E-state index contributed by atoms with van der Waals surface area (Å²) < 4.78 is 12.2. The topological polar surface area (TPSA) is 67.9 Å². The minimum Gasteiger partial charge on any atom is -0.493 e. The lowest BCUT2D eigenvalue weighted by Gasteiger charge is -2.14. The molecule has 1 fully saturated rings. The first kappa shape index (κ1) is 23.6. The first-order chi connectivity index (χ1) is 16.3. The number of hydrogen-bond donors (Lipinski definition) is 1. The molecule has 1 heterocycles. The SMILES string of the molecule is COc1cc(/C=C2/NC(=O)N(Cc3cccc(C)c3)C2=O)cc(Br)c1OCc1cccc(C)c1. The van der Waals surface area contributed by atoms with E-state index in [1.165, 1.54) is 4.90 Å². The van der Waals surface area contributed by atoms with E-state index in [0.717, 1.165) is 22.3 Å². The van der Waals surface area contributed by atoms with Crippen molar-refractivity contribution in [2.45, 2.75) is 27.0 Å². The number of imide groups is 1. The summed E-state index contributed by atoms with van der Waals surface area (Å²) in [6.07, 6.45) is 1.63. The molecule has 0 aromatic heterocycles. The van der Waals surface area contributed by atoms with E-state index in [1.54, 1.807) is 19.3 Å². The molecular formula is C27H25BrN2O4. The number of carbonyl (C=O) groups excluding carboxylic acids is 2. The minimum absolute atomic E-state index is 0.208. The lowest BCUT2D eigenvalue weighted by Crippen LogP contribution is -2.30. The Bertz CT molecular complexity index is 1290. The number of nitrogens with zero attached hydrogens (tertiary/aromatic N) is 1. The zero-order chi connectivity index (χ0) is 24.2. The number of halogens is 1. The first-order valence-electron chi connectivity index (χ1n) is 10.8. The molecule has 0 spiro atoms. The van der Waals surface area contributed by atoms with Crippen LogP contribution in [-0.2, 0) is 17.9 Å². The predicted octanol–water partition coefficient (Wildman–Crippen LogP) is 5.75. The molecule has 3 amide bonds. The summed E-state index contributed by atoms with van der Waals surface area (Å²) >= 11 is 3.55. The van der Waals surface area contributed by atoms with Gasteiger partial charge in [-0.25, -0.2) is 4.79 Å². The van der Waals surface area contributed by atoms with Gasteiger partial charge in [0.25, 0.3) is 5.91 Å². The maximum absolute atomic E-state index is 12.9. The fourth-order valence-corrected chi connectivity index (χ4v) is 4.37. The molecule has 3 aromatic rings. The molecule has 34 heavy (non-hydrogen) atoms. The van der Waals surface area contributed by atoms with E-state index in [2.05, 4.69) is 27.3 Å². The number of urea groups is 1. The molecule has 0 radical (unpaired) electrons. The standard InChI is InChI=1S/C27H25BrN2O4/c1-17-6-4-8-19(10-17)15-30-26(31)23(29-27(30)32)13-21-12-22(28)25(24(14-21)33-3)34-16-20-9-5-7-18(2)11-20/h4-14H,15-16H2,1-3H3,(H,29,32)/b23-13+. The van der Waals surface area contributed by atoms with Crippen LogP contribution < -0.4 is 14.8 Å². The van der Waals surface area contributed by atoms with Crippen LogP contribution in [0.4, 0.5) is 4.79 Å². The van der Waals surface area contributed by atoms with Crippen molar-refractivity contribution in [3.05, 3.63) is 98.7 Å². The Balaban J connectivity index is 1.53. The van der Waals surface area contributed by atoms with Crippen LogP contribution >= 0.6 is 15.9 Å². The Morgan fingerprint density at radius 2 is 1.65 bits per heavy atom. The van der Waals surface area contributed by atoms with Crippen molar-refractivity contribution in [1.82, 2.24) is 10.2 Å². The van der Waals surface area contributed by atoms with Gasteiger partial charge in [0.1, 0.15) is 12.3 Å². The second-order valence-corrected chi connectivity index (χ2v) is 9.03. The van der Waals surface area contributed by atoms with Gasteiger partial charge in [0.05, 0.1) is 18.1 Å². The lowest BCUT2D eigenvalue weighted by molar-refractivity contribution is -0.123. The number of nitrogens with one attached hydrogen (secondary N) is 1. The van der Waals surface area contributed by atoms with E-state index in [9.17, 15) is 9.59 Å². The molecule has 0 unspecified atom stereocenters. The zero-order valence-corrected chi connectivity index (χ0v) is 20.8. The summed E-state index contributed by atoms with van der Waals surface area (Å²) in [6.45, 7) is 4.61. The molecule has 1 N–H and O–H groups in total. The number of carbonyl (C=O) groups is 2. The van der Waals surface area contributed by atoms with Gasteiger partial charge in [0.15, 0.2) is 11.5 Å². The number of rotatable bonds is 7. The molecule has 0 bridgehead atoms. The van der Waals surface area contributed by atoms with Gasteiger partial charge in [0, 0.05) is 0 Å². The molecule has 1 saturated heterocycles. The molecule has 6 nitrogen and oxygen atoms in total. The van der Waals surface area contributed by atoms with Gasteiger partial charge in [-0.1, -0.05) is 59.7 Å². The smallest absolute Gasteiger partial charge is 0.329 e. The quantitative estimate of drug-likeness (QED) is 0.318. The van der Waals surface area contributed by atoms with Crippen molar-refractivity contribution in [3.8, 4) is 11.5 Å². The van der Waals surface area contributed by atoms with Gasteiger partial charge < -0.3 is 14.8 Å². The Hall–Kier alpha value is -3.58. The minimum atomic E-state index is -0.443. The summed E-state index contributed by atoms with van der Waals surface area (Å²) in [5, 5.41) is 2.67. The molecule has 4 rings (SSSR count). The molecule has 0 aliphatic carbocycles. The number of benzene rings is 3. The normalized spacial score (nSPS) is 14.5. The van der Waals surface area contributed by atoms with Crippen LogP contribution in [0, 0.1) is 13.8 Å². The van der Waals surface area contributed by atoms with Gasteiger partial charge >= 0.3 is 6.03 Å². The predicted molar refractivity (Wildman–Crippen MR) is 134 cm³/mol. The Morgan fingerprint density at radius 1 is 0.971 bits per heavy atom. The first-order valence-corrected chi connectivity index (χ1v) is 11.6. The van der Waals surface area contributed by atoms with E-state index < -0.39 is 6.03 Å². The Kier molecular flexibility index (Phi) is 7.03. The van der Waals surface area contributed by atoms with Gasteiger partial charge in [-0.05, 0) is 64.7 Å². The molecular weight excluding hydrogens is 496 g/mol. The maximum atomic E-state index is 12.9. The van der Waals surface area contributed by atoms with Crippen molar-refractivity contribution in [1.29, 1.82) is 0 Å². The third kappa shape index (κ3) is 5.31. The molecule has 1 aliphatic rings. The van der Waals surface area contributed by atoms with Gasteiger partial charge in [-0.3, -0.25) is 9.69 Å². The summed E-state index contributed by atoms with van der Waals surface area (Å²) in [6, 6.07) is 19.0. The largest absolute Gasteiger partial charge is 0.493 e. The van der Waals surface area contributed by atoms with Crippen molar-refractivity contribution >= 4 is 33.9 Å². The van der Waals surface area contributed by atoms with Crippen LogP contribution in [0.1, 0.15) is 27.8 Å². The van der Waals surface area contributed by atoms with E-state index in [0.29, 0.717) is 28.1 Å². The van der Waals surface area contributed by atoms with Crippen LogP contribution in [0.5, 0.6) is 11.5 Å². The van der Waals surface area contributed by atoms with E-state index in [-0.39, 0.29) is 18.1 Å². The van der Waals surface area contributed by atoms with Crippen LogP contribution in [0.3, 0.4) is 0 Å². The molecule has 1 aliphatic heterocycles. The van der Waals surface area contributed by atoms with Crippen LogP contribution in [0.2, 0.25) is 0 Å². The fourth-order valence-electron chi connectivity index (χ4n) is 3.80. The summed E-state index contributed by atoms with van der Waals surface area (Å²) in [5.74, 6) is 0.706. The fraction of sp³-hybridized carbons (Fsp3) is 0.185. The van der Waals surface area contributed by atoms with Gasteiger partial charge in [0.2, 0.25) is 0 Å². The number of ether oxygens (including phenoxy) is 2. The monoisotopic (exact) mass is 520 g/mol. The molecule has 0 atom stereocenters. The highest BCUT2D eigenvalue weighted by atomic mass is 79.9. The average Bonchev–Trinajstić information content (AvgIpc) is 3.05. The third-order valence-electron chi connectivity index (χ3n) is 5.41. The molecule has 7 heteroatoms. The lowest BCUT2D eigenvalue weighted by atomic mass is 10.1. The van der Waals surface area contributed by atoms with Crippen molar-refractivity contribution in [3.63, 3.8) is 0 Å². The van der Waals surface area contributed by atoms with Crippen molar-refractivity contribution < 1.29 is 19.1 Å². The second kappa shape index (κ2) is 10.1. The number of methoxy groups -OCH3 is 1. The highest BCUT2D eigenvalue weighted by Crippen LogP contribution is 2.38. The number of amides is 3. The highest BCUT2D eigenvalue weighted by molar-refractivity contribution is 9.10. The second-order valence-electron chi connectivity index (χ2n) is 8.18. The van der Waals surface area contributed by atoms with Crippen molar-refractivity contribution in [2.24, 2.45) is 0 Å². The van der Waals surface area contributed by atoms with E-state index in [1.807, 2.05) is 62.4 Å². The Labute approximate surface area is 207 Å². The summed E-state index contributed by atoms with van der Waals surface area (Å²) in [4.78, 5) is 26.6. The summed E-state index contributed by atoms with van der Waals surface area (Å²) in [7, 11) is 1.56. The maximum Gasteiger partial charge on any atom is 0.329 e. The molecule has 3 aromatic carbocycles. The van der Waals surface area contributed by atoms with Gasteiger partial charge in [-0.15, -0.1) is 0 Å². The third-order valence-corrected chi connectivity index (χ3v) is 6.00. The highest BCUT2D eigenvalue weighted by Gasteiger charge is 2.33. The number of hydrogen-bond acceptors (Lipinski definition) is 4. The molecule has 174 valence electrons. The number of aryl methyl sites for hydroxylation is 2.